The lowest BCUT2D eigenvalue weighted by molar-refractivity contribution is -0.137. The second-order valence-electron chi connectivity index (χ2n) is 6.02. The third-order valence-corrected chi connectivity index (χ3v) is 4.07. The van der Waals surface area contributed by atoms with E-state index < -0.39 is 24.3 Å². The number of halogens is 5. The van der Waals surface area contributed by atoms with Gasteiger partial charge in [-0.25, -0.2) is 14.5 Å². The number of hydrogen-bond acceptors (Lipinski definition) is 5. The summed E-state index contributed by atoms with van der Waals surface area (Å²) in [5.74, 6) is -0.839. The fourth-order valence-corrected chi connectivity index (χ4v) is 2.58. The molecule has 6 nitrogen and oxygen atoms in total. The highest BCUT2D eigenvalue weighted by Crippen LogP contribution is 2.29. The minimum Gasteiger partial charge on any atom is -0.457 e. The molecule has 0 spiro atoms. The quantitative estimate of drug-likeness (QED) is 0.427. The first-order chi connectivity index (χ1) is 14.2. The molecule has 2 aromatic heterocycles. The summed E-state index contributed by atoms with van der Waals surface area (Å²) in [7, 11) is 0. The van der Waals surface area contributed by atoms with Gasteiger partial charge in [0.2, 0.25) is 0 Å². The van der Waals surface area contributed by atoms with Crippen molar-refractivity contribution < 1.29 is 36.2 Å². The first-order valence-electron chi connectivity index (χ1n) is 8.45. The summed E-state index contributed by atoms with van der Waals surface area (Å²) in [6.45, 7) is -1.85. The number of rotatable bonds is 6. The maximum absolute atomic E-state index is 12.7. The van der Waals surface area contributed by atoms with Crippen molar-refractivity contribution >= 4 is 5.97 Å². The number of aromatic nitrogens is 3. The Bertz CT molecular complexity index is 1030. The van der Waals surface area contributed by atoms with Gasteiger partial charge in [-0.1, -0.05) is 18.2 Å². The first-order valence-corrected chi connectivity index (χ1v) is 8.45. The van der Waals surface area contributed by atoms with E-state index in [0.29, 0.717) is 6.20 Å². The zero-order chi connectivity index (χ0) is 21.9. The Kier molecular flexibility index (Phi) is 5.99. The van der Waals surface area contributed by atoms with Gasteiger partial charge < -0.3 is 9.47 Å². The Morgan fingerprint density at radius 1 is 1.13 bits per heavy atom. The third kappa shape index (κ3) is 4.73. The normalized spacial score (nSPS) is 11.6. The number of hydrogen-bond donors (Lipinski definition) is 0. The minimum absolute atomic E-state index is 0.0453. The van der Waals surface area contributed by atoms with E-state index in [1.54, 1.807) is 6.07 Å². The van der Waals surface area contributed by atoms with Gasteiger partial charge in [-0.3, -0.25) is 0 Å². The molecule has 0 aliphatic rings. The van der Waals surface area contributed by atoms with Crippen LogP contribution in [0.15, 0.2) is 48.8 Å². The molecule has 0 bridgehead atoms. The molecule has 158 valence electrons. The number of esters is 1. The Balaban J connectivity index is 1.74. The zero-order valence-electron chi connectivity index (χ0n) is 15.4. The van der Waals surface area contributed by atoms with Gasteiger partial charge in [-0.15, -0.1) is 0 Å². The third-order valence-electron chi connectivity index (χ3n) is 4.07. The van der Waals surface area contributed by atoms with Crippen LogP contribution in [-0.2, 0) is 17.5 Å². The van der Waals surface area contributed by atoms with Crippen molar-refractivity contribution in [2.75, 3.05) is 0 Å². The average Bonchev–Trinajstić information content (AvgIpc) is 3.07. The summed E-state index contributed by atoms with van der Waals surface area (Å²) in [4.78, 5) is 16.1. The molecule has 0 N–H and O–H groups in total. The molecular weight excluding hydrogens is 413 g/mol. The van der Waals surface area contributed by atoms with Crippen LogP contribution in [0, 0.1) is 6.92 Å². The number of pyridine rings is 1. The Labute approximate surface area is 166 Å². The second-order valence-corrected chi connectivity index (χ2v) is 6.02. The molecule has 0 radical (unpaired) electrons. The topological polar surface area (TPSA) is 66.2 Å². The summed E-state index contributed by atoms with van der Waals surface area (Å²) in [5.41, 5.74) is -0.352. The average molecular weight is 427 g/mol. The van der Waals surface area contributed by atoms with Crippen LogP contribution in [0.3, 0.4) is 0 Å². The molecular formula is C19H14F5N3O3. The molecule has 0 atom stereocenters. The molecule has 0 saturated carbocycles. The molecule has 2 heterocycles. The number of para-hydroxylation sites is 1. The van der Waals surface area contributed by atoms with Crippen molar-refractivity contribution in [1.82, 2.24) is 14.8 Å². The Morgan fingerprint density at radius 3 is 2.50 bits per heavy atom. The molecule has 1 aromatic carbocycles. The van der Waals surface area contributed by atoms with Crippen molar-refractivity contribution in [2.24, 2.45) is 0 Å². The van der Waals surface area contributed by atoms with Crippen LogP contribution < -0.4 is 4.74 Å². The van der Waals surface area contributed by atoms with Crippen LogP contribution in [0.4, 0.5) is 22.0 Å². The van der Waals surface area contributed by atoms with Crippen LogP contribution in [0.25, 0.3) is 5.82 Å². The summed E-state index contributed by atoms with van der Waals surface area (Å²) < 4.78 is 73.6. The van der Waals surface area contributed by atoms with E-state index in [1.165, 1.54) is 36.0 Å². The first kappa shape index (κ1) is 21.2. The van der Waals surface area contributed by atoms with Gasteiger partial charge in [0.15, 0.2) is 5.82 Å². The van der Waals surface area contributed by atoms with E-state index in [9.17, 15) is 26.7 Å². The number of nitrogens with zero attached hydrogens (tertiary/aromatic N) is 3. The van der Waals surface area contributed by atoms with E-state index in [-0.39, 0.29) is 35.0 Å². The standard InChI is InChI=1S/C19H14F5N3O3/c1-11-14(9-26-27(11)16-7-6-13(8-25-16)19(22,23)24)17(28)29-10-12-4-2-3-5-15(12)30-18(20)21/h2-9,18H,10H2,1H3. The van der Waals surface area contributed by atoms with Crippen molar-refractivity contribution in [3.8, 4) is 11.6 Å². The van der Waals surface area contributed by atoms with Crippen LogP contribution in [0.1, 0.15) is 27.2 Å². The minimum atomic E-state index is -4.52. The van der Waals surface area contributed by atoms with Crippen LogP contribution in [0.2, 0.25) is 0 Å². The summed E-state index contributed by atoms with van der Waals surface area (Å²) in [5, 5.41) is 3.96. The highest BCUT2D eigenvalue weighted by atomic mass is 19.4. The number of ether oxygens (including phenoxy) is 2. The summed E-state index contributed by atoms with van der Waals surface area (Å²) in [6.07, 6.45) is -2.68. The molecule has 30 heavy (non-hydrogen) atoms. The van der Waals surface area contributed by atoms with Gasteiger partial charge in [-0.05, 0) is 25.1 Å². The molecule has 0 amide bonds. The maximum atomic E-state index is 12.7. The Hall–Kier alpha value is -3.50. The highest BCUT2D eigenvalue weighted by Gasteiger charge is 2.31. The molecule has 0 fully saturated rings. The molecule has 0 aliphatic carbocycles. The zero-order valence-corrected chi connectivity index (χ0v) is 15.4. The van der Waals surface area contributed by atoms with Crippen molar-refractivity contribution in [1.29, 1.82) is 0 Å². The molecule has 0 aliphatic heterocycles. The summed E-state index contributed by atoms with van der Waals surface area (Å²) in [6, 6.07) is 7.81. The lowest BCUT2D eigenvalue weighted by atomic mass is 10.2. The van der Waals surface area contributed by atoms with Crippen molar-refractivity contribution in [3.63, 3.8) is 0 Å². The Morgan fingerprint density at radius 2 is 1.87 bits per heavy atom. The molecule has 3 aromatic rings. The largest absolute Gasteiger partial charge is 0.457 e. The van der Waals surface area contributed by atoms with Crippen LogP contribution in [0.5, 0.6) is 5.75 Å². The summed E-state index contributed by atoms with van der Waals surface area (Å²) >= 11 is 0. The predicted octanol–water partition coefficient (Wildman–Crippen LogP) is 4.55. The monoisotopic (exact) mass is 427 g/mol. The van der Waals surface area contributed by atoms with Crippen LogP contribution >= 0.6 is 0 Å². The lowest BCUT2D eigenvalue weighted by Gasteiger charge is -2.11. The number of carbonyl (C=O) groups is 1. The van der Waals surface area contributed by atoms with Crippen molar-refractivity contribution in [3.05, 3.63) is 71.2 Å². The molecule has 0 unspecified atom stereocenters. The van der Waals surface area contributed by atoms with E-state index >= 15 is 0 Å². The number of benzene rings is 1. The smallest absolute Gasteiger partial charge is 0.417 e. The second kappa shape index (κ2) is 8.47. The maximum Gasteiger partial charge on any atom is 0.417 e. The van der Waals surface area contributed by atoms with Gasteiger partial charge in [0, 0.05) is 11.8 Å². The van der Waals surface area contributed by atoms with Gasteiger partial charge in [0.05, 0.1) is 17.5 Å². The molecule has 3 rings (SSSR count). The fraction of sp³-hybridized carbons (Fsp3) is 0.211. The van der Waals surface area contributed by atoms with E-state index in [1.807, 2.05) is 0 Å². The van der Waals surface area contributed by atoms with Gasteiger partial charge in [0.1, 0.15) is 17.9 Å². The fourth-order valence-electron chi connectivity index (χ4n) is 2.58. The molecule has 11 heteroatoms. The van der Waals surface area contributed by atoms with Gasteiger partial charge in [-0.2, -0.15) is 27.1 Å². The van der Waals surface area contributed by atoms with E-state index in [0.717, 1.165) is 12.1 Å². The van der Waals surface area contributed by atoms with Gasteiger partial charge >= 0.3 is 18.8 Å². The highest BCUT2D eigenvalue weighted by molar-refractivity contribution is 5.90. The lowest BCUT2D eigenvalue weighted by Crippen LogP contribution is -2.10. The molecule has 0 saturated heterocycles. The SMILES string of the molecule is Cc1c(C(=O)OCc2ccccc2OC(F)F)cnn1-c1ccc(C(F)(F)F)cn1. The predicted molar refractivity (Wildman–Crippen MR) is 93.3 cm³/mol. The number of alkyl halides is 5. The van der Waals surface area contributed by atoms with E-state index in [2.05, 4.69) is 14.8 Å². The number of carbonyl (C=O) groups excluding carboxylic acids is 1. The van der Waals surface area contributed by atoms with Crippen molar-refractivity contribution in [2.45, 2.75) is 26.3 Å². The van der Waals surface area contributed by atoms with Crippen LogP contribution in [-0.4, -0.2) is 27.3 Å². The van der Waals surface area contributed by atoms with E-state index in [4.69, 9.17) is 4.74 Å². The van der Waals surface area contributed by atoms with Gasteiger partial charge in [0.25, 0.3) is 0 Å².